The minimum Gasteiger partial charge on any atom is -0.340 e. The highest BCUT2D eigenvalue weighted by Crippen LogP contribution is 2.17. The maximum atomic E-state index is 12.3. The Bertz CT molecular complexity index is 1020. The molecular weight excluding hydrogens is 340 g/mol. The molecule has 0 fully saturated rings. The molecule has 2 aromatic carbocycles. The minimum absolute atomic E-state index is 0.0639. The number of hydrogen-bond donors (Lipinski definition) is 2. The molecule has 0 saturated carbocycles. The second kappa shape index (κ2) is 7.93. The molecule has 1 heterocycles. The van der Waals surface area contributed by atoms with Crippen molar-refractivity contribution in [3.05, 3.63) is 83.6 Å². The van der Waals surface area contributed by atoms with Crippen LogP contribution in [-0.2, 0) is 0 Å². The lowest BCUT2D eigenvalue weighted by Crippen LogP contribution is -2.12. The molecule has 0 aliphatic carbocycles. The van der Waals surface area contributed by atoms with Gasteiger partial charge in [-0.1, -0.05) is 12.1 Å². The van der Waals surface area contributed by atoms with E-state index in [-0.39, 0.29) is 11.7 Å². The molecule has 0 spiro atoms. The van der Waals surface area contributed by atoms with E-state index in [0.717, 1.165) is 5.69 Å². The van der Waals surface area contributed by atoms with Crippen molar-refractivity contribution < 1.29 is 9.59 Å². The van der Waals surface area contributed by atoms with E-state index in [9.17, 15) is 9.59 Å². The second-order valence-electron chi connectivity index (χ2n) is 5.84. The standard InChI is InChI=1S/C21H16N4O2/c1-14(26)16-3-2-4-19(11-16)25-21(27)17-7-10-20(23-13-17)24-18-8-5-15(12-22)6-9-18/h2-11,13H,1H3,(H,23,24)(H,25,27). The predicted octanol–water partition coefficient (Wildman–Crippen LogP) is 4.15. The zero-order chi connectivity index (χ0) is 19.2. The van der Waals surface area contributed by atoms with Crippen molar-refractivity contribution in [1.29, 1.82) is 5.26 Å². The number of pyridine rings is 1. The maximum absolute atomic E-state index is 12.3. The number of benzene rings is 2. The molecule has 0 bridgehead atoms. The SMILES string of the molecule is CC(=O)c1cccc(NC(=O)c2ccc(Nc3ccc(C#N)cc3)nc2)c1. The third-order valence-electron chi connectivity index (χ3n) is 3.84. The van der Waals surface area contributed by atoms with Crippen molar-refractivity contribution in [1.82, 2.24) is 4.98 Å². The number of carbonyl (C=O) groups is 2. The molecule has 2 N–H and O–H groups in total. The molecule has 27 heavy (non-hydrogen) atoms. The average Bonchev–Trinajstić information content (AvgIpc) is 2.69. The Labute approximate surface area is 156 Å². The van der Waals surface area contributed by atoms with Crippen LogP contribution in [0.25, 0.3) is 0 Å². The summed E-state index contributed by atoms with van der Waals surface area (Å²) < 4.78 is 0. The zero-order valence-corrected chi connectivity index (χ0v) is 14.6. The molecule has 0 saturated heterocycles. The molecule has 0 atom stereocenters. The third-order valence-corrected chi connectivity index (χ3v) is 3.84. The number of hydrogen-bond acceptors (Lipinski definition) is 5. The first-order chi connectivity index (χ1) is 13.0. The maximum Gasteiger partial charge on any atom is 0.257 e. The third kappa shape index (κ3) is 4.55. The van der Waals surface area contributed by atoms with E-state index >= 15 is 0 Å². The van der Waals surface area contributed by atoms with E-state index in [4.69, 9.17) is 5.26 Å². The molecule has 6 heteroatoms. The van der Waals surface area contributed by atoms with E-state index in [2.05, 4.69) is 21.7 Å². The largest absolute Gasteiger partial charge is 0.340 e. The van der Waals surface area contributed by atoms with Crippen LogP contribution in [0.15, 0.2) is 66.9 Å². The molecule has 1 aromatic heterocycles. The van der Waals surface area contributed by atoms with E-state index in [1.54, 1.807) is 60.7 Å². The van der Waals surface area contributed by atoms with Gasteiger partial charge in [0.05, 0.1) is 17.2 Å². The summed E-state index contributed by atoms with van der Waals surface area (Å²) in [5.41, 5.74) is 2.85. The number of carbonyl (C=O) groups excluding carboxylic acids is 2. The van der Waals surface area contributed by atoms with E-state index in [1.807, 2.05) is 0 Å². The first-order valence-electron chi connectivity index (χ1n) is 8.21. The Kier molecular flexibility index (Phi) is 5.24. The van der Waals surface area contributed by atoms with Crippen LogP contribution in [0, 0.1) is 11.3 Å². The molecule has 132 valence electrons. The summed E-state index contributed by atoms with van der Waals surface area (Å²) in [4.78, 5) is 28.0. The summed E-state index contributed by atoms with van der Waals surface area (Å²) in [6, 6.07) is 19.2. The number of nitriles is 1. The number of ketones is 1. The van der Waals surface area contributed by atoms with Gasteiger partial charge in [0.15, 0.2) is 5.78 Å². The number of amides is 1. The van der Waals surface area contributed by atoms with Crippen LogP contribution >= 0.6 is 0 Å². The molecular formula is C21H16N4O2. The van der Waals surface area contributed by atoms with Crippen molar-refractivity contribution in [3.8, 4) is 6.07 Å². The minimum atomic E-state index is -0.312. The van der Waals surface area contributed by atoms with E-state index in [0.29, 0.717) is 28.2 Å². The zero-order valence-electron chi connectivity index (χ0n) is 14.6. The van der Waals surface area contributed by atoms with Crippen LogP contribution in [0.3, 0.4) is 0 Å². The molecule has 3 rings (SSSR count). The van der Waals surface area contributed by atoms with Gasteiger partial charge in [0, 0.05) is 23.1 Å². The lowest BCUT2D eigenvalue weighted by atomic mass is 10.1. The Morgan fingerprint density at radius 1 is 0.963 bits per heavy atom. The summed E-state index contributed by atoms with van der Waals surface area (Å²) in [6.07, 6.45) is 1.47. The molecule has 0 radical (unpaired) electrons. The highest BCUT2D eigenvalue weighted by atomic mass is 16.1. The highest BCUT2D eigenvalue weighted by Gasteiger charge is 2.08. The average molecular weight is 356 g/mol. The Hall–Kier alpha value is -3.98. The van der Waals surface area contributed by atoms with Crippen LogP contribution in [0.2, 0.25) is 0 Å². The Morgan fingerprint density at radius 3 is 2.37 bits per heavy atom. The molecule has 1 amide bonds. The van der Waals surface area contributed by atoms with Crippen LogP contribution < -0.4 is 10.6 Å². The number of Topliss-reactive ketones (excluding diaryl/α,β-unsaturated/α-hetero) is 1. The van der Waals surface area contributed by atoms with Gasteiger partial charge >= 0.3 is 0 Å². The van der Waals surface area contributed by atoms with Crippen molar-refractivity contribution in [2.24, 2.45) is 0 Å². The lowest BCUT2D eigenvalue weighted by molar-refractivity contribution is 0.101. The van der Waals surface area contributed by atoms with E-state index in [1.165, 1.54) is 13.1 Å². The molecule has 6 nitrogen and oxygen atoms in total. The van der Waals surface area contributed by atoms with Gasteiger partial charge in [0.2, 0.25) is 0 Å². The van der Waals surface area contributed by atoms with Gasteiger partial charge < -0.3 is 10.6 Å². The summed E-state index contributed by atoms with van der Waals surface area (Å²) in [7, 11) is 0. The van der Waals surface area contributed by atoms with Crippen LogP contribution in [-0.4, -0.2) is 16.7 Å². The van der Waals surface area contributed by atoms with E-state index < -0.39 is 0 Å². The van der Waals surface area contributed by atoms with Gasteiger partial charge in [-0.25, -0.2) is 4.98 Å². The topological polar surface area (TPSA) is 94.9 Å². The molecule has 0 unspecified atom stereocenters. The smallest absolute Gasteiger partial charge is 0.257 e. The molecule has 3 aromatic rings. The highest BCUT2D eigenvalue weighted by molar-refractivity contribution is 6.05. The fourth-order valence-corrected chi connectivity index (χ4v) is 2.40. The monoisotopic (exact) mass is 356 g/mol. The second-order valence-corrected chi connectivity index (χ2v) is 5.84. The summed E-state index contributed by atoms with van der Waals surface area (Å²) >= 11 is 0. The number of rotatable bonds is 5. The fraction of sp³-hybridized carbons (Fsp3) is 0.0476. The van der Waals surface area contributed by atoms with Crippen molar-refractivity contribution in [2.75, 3.05) is 10.6 Å². The van der Waals surface area contributed by atoms with Gasteiger partial charge in [0.1, 0.15) is 5.82 Å². The number of aromatic nitrogens is 1. The summed E-state index contributed by atoms with van der Waals surface area (Å²) in [6.45, 7) is 1.48. The first-order valence-corrected chi connectivity index (χ1v) is 8.21. The predicted molar refractivity (Wildman–Crippen MR) is 103 cm³/mol. The lowest BCUT2D eigenvalue weighted by Gasteiger charge is -2.08. The fourth-order valence-electron chi connectivity index (χ4n) is 2.40. The van der Waals surface area contributed by atoms with Crippen molar-refractivity contribution in [2.45, 2.75) is 6.92 Å². The number of nitrogens with zero attached hydrogens (tertiary/aromatic N) is 2. The number of anilines is 3. The van der Waals surface area contributed by atoms with Crippen LogP contribution in [0.4, 0.5) is 17.2 Å². The van der Waals surface area contributed by atoms with Crippen LogP contribution in [0.1, 0.15) is 33.2 Å². The summed E-state index contributed by atoms with van der Waals surface area (Å²) in [5.74, 6) is 0.203. The van der Waals surface area contributed by atoms with Gasteiger partial charge in [0.25, 0.3) is 5.91 Å². The van der Waals surface area contributed by atoms with Crippen LogP contribution in [0.5, 0.6) is 0 Å². The Morgan fingerprint density at radius 2 is 1.74 bits per heavy atom. The van der Waals surface area contributed by atoms with Crippen molar-refractivity contribution in [3.63, 3.8) is 0 Å². The first kappa shape index (κ1) is 17.8. The van der Waals surface area contributed by atoms with Gasteiger partial charge in [-0.2, -0.15) is 5.26 Å². The van der Waals surface area contributed by atoms with Gasteiger partial charge in [-0.15, -0.1) is 0 Å². The quantitative estimate of drug-likeness (QED) is 0.670. The normalized spacial score (nSPS) is 9.93. The number of nitrogens with one attached hydrogen (secondary N) is 2. The van der Waals surface area contributed by atoms with Crippen molar-refractivity contribution >= 4 is 28.9 Å². The Balaban J connectivity index is 1.67. The molecule has 0 aliphatic heterocycles. The molecule has 0 aliphatic rings. The summed E-state index contributed by atoms with van der Waals surface area (Å²) in [5, 5.41) is 14.7. The van der Waals surface area contributed by atoms with Gasteiger partial charge in [-0.05, 0) is 55.5 Å². The van der Waals surface area contributed by atoms with Gasteiger partial charge in [-0.3, -0.25) is 9.59 Å².